The zero-order valence-corrected chi connectivity index (χ0v) is 16.7. The number of para-hydroxylation sites is 2. The Bertz CT molecular complexity index is 949. The van der Waals surface area contributed by atoms with Crippen LogP contribution in [0.25, 0.3) is 11.0 Å². The summed E-state index contributed by atoms with van der Waals surface area (Å²) in [5.74, 6) is 3.32. The molecule has 29 heavy (non-hydrogen) atoms. The lowest BCUT2D eigenvalue weighted by Crippen LogP contribution is -2.30. The number of guanidine groups is 1. The Hall–Kier alpha value is -3.22. The van der Waals surface area contributed by atoms with Crippen molar-refractivity contribution < 1.29 is 9.47 Å². The maximum absolute atomic E-state index is 5.77. The standard InChI is InChI=1S/C22H27N5O2/c1-2-23-22(25-16-10-11-19-20(15-16)29-14-6-13-28-19)24-12-5-9-21-26-17-7-3-4-8-18(17)27-21/h3-4,7-8,10-11,15H,2,5-6,9,12-14H2,1H3,(H,26,27)(H2,23,24,25). The molecule has 0 fully saturated rings. The number of aliphatic imine (C=N–C) groups is 1. The zero-order chi connectivity index (χ0) is 19.9. The summed E-state index contributed by atoms with van der Waals surface area (Å²) in [7, 11) is 0. The predicted octanol–water partition coefficient (Wildman–Crippen LogP) is 3.73. The van der Waals surface area contributed by atoms with E-state index in [0.29, 0.717) is 19.8 Å². The van der Waals surface area contributed by atoms with Gasteiger partial charge in [0.2, 0.25) is 0 Å². The molecule has 3 aromatic rings. The molecule has 2 heterocycles. The first-order chi connectivity index (χ1) is 14.3. The number of nitrogens with zero attached hydrogens (tertiary/aromatic N) is 2. The minimum atomic E-state index is 0.673. The molecular weight excluding hydrogens is 366 g/mol. The van der Waals surface area contributed by atoms with Crippen LogP contribution < -0.4 is 20.1 Å². The van der Waals surface area contributed by atoms with Gasteiger partial charge in [0.05, 0.1) is 24.2 Å². The van der Waals surface area contributed by atoms with Crippen LogP contribution in [0.4, 0.5) is 5.69 Å². The van der Waals surface area contributed by atoms with Crippen LogP contribution in [-0.2, 0) is 6.42 Å². The number of imidazole rings is 1. The molecule has 0 atom stereocenters. The van der Waals surface area contributed by atoms with Gasteiger partial charge < -0.3 is 25.1 Å². The molecule has 0 spiro atoms. The molecule has 0 aliphatic carbocycles. The number of ether oxygens (including phenoxy) is 2. The minimum absolute atomic E-state index is 0.673. The Labute approximate surface area is 170 Å². The minimum Gasteiger partial charge on any atom is -0.490 e. The van der Waals surface area contributed by atoms with E-state index in [1.54, 1.807) is 0 Å². The highest BCUT2D eigenvalue weighted by Gasteiger charge is 2.11. The fourth-order valence-corrected chi connectivity index (χ4v) is 3.25. The number of hydrogen-bond acceptors (Lipinski definition) is 4. The third-order valence-corrected chi connectivity index (χ3v) is 4.63. The van der Waals surface area contributed by atoms with Gasteiger partial charge in [0.15, 0.2) is 17.5 Å². The normalized spacial score (nSPS) is 13.9. The molecule has 0 radical (unpaired) electrons. The topological polar surface area (TPSA) is 83.6 Å². The lowest BCUT2D eigenvalue weighted by Gasteiger charge is -2.13. The second-order valence-electron chi connectivity index (χ2n) is 6.90. The number of anilines is 1. The number of aromatic nitrogens is 2. The van der Waals surface area contributed by atoms with Crippen LogP contribution in [0.5, 0.6) is 11.5 Å². The van der Waals surface area contributed by atoms with E-state index in [1.165, 1.54) is 0 Å². The highest BCUT2D eigenvalue weighted by molar-refractivity contribution is 5.93. The van der Waals surface area contributed by atoms with Crippen LogP contribution in [0.2, 0.25) is 0 Å². The Morgan fingerprint density at radius 2 is 2.00 bits per heavy atom. The van der Waals surface area contributed by atoms with Crippen molar-refractivity contribution in [3.8, 4) is 11.5 Å². The summed E-state index contributed by atoms with van der Waals surface area (Å²) in [6.07, 6.45) is 2.67. The van der Waals surface area contributed by atoms with Crippen molar-refractivity contribution in [1.82, 2.24) is 15.3 Å². The fourth-order valence-electron chi connectivity index (χ4n) is 3.25. The lowest BCUT2D eigenvalue weighted by molar-refractivity contribution is 0.297. The van der Waals surface area contributed by atoms with Crippen LogP contribution in [0.1, 0.15) is 25.6 Å². The Morgan fingerprint density at radius 1 is 1.14 bits per heavy atom. The summed E-state index contributed by atoms with van der Waals surface area (Å²) < 4.78 is 11.5. The highest BCUT2D eigenvalue weighted by Crippen LogP contribution is 2.32. The number of H-pyrrole nitrogens is 1. The number of rotatable bonds is 6. The van der Waals surface area contributed by atoms with Crippen molar-refractivity contribution >= 4 is 22.7 Å². The zero-order valence-electron chi connectivity index (χ0n) is 16.7. The summed E-state index contributed by atoms with van der Waals surface area (Å²) in [4.78, 5) is 12.7. The van der Waals surface area contributed by atoms with Crippen molar-refractivity contribution in [2.24, 2.45) is 4.99 Å². The smallest absolute Gasteiger partial charge is 0.195 e. The molecule has 1 aliphatic heterocycles. The maximum Gasteiger partial charge on any atom is 0.195 e. The summed E-state index contributed by atoms with van der Waals surface area (Å²) in [5, 5.41) is 6.64. The molecule has 0 unspecified atom stereocenters. The van der Waals surface area contributed by atoms with Gasteiger partial charge in [0.25, 0.3) is 0 Å². The Morgan fingerprint density at radius 3 is 2.86 bits per heavy atom. The summed E-state index contributed by atoms with van der Waals surface area (Å²) in [6.45, 7) is 4.91. The van der Waals surface area contributed by atoms with Gasteiger partial charge >= 0.3 is 0 Å². The van der Waals surface area contributed by atoms with E-state index >= 15 is 0 Å². The highest BCUT2D eigenvalue weighted by atomic mass is 16.5. The molecule has 0 amide bonds. The van der Waals surface area contributed by atoms with E-state index in [4.69, 9.17) is 9.47 Å². The largest absolute Gasteiger partial charge is 0.490 e. The molecule has 3 N–H and O–H groups in total. The number of nitrogens with one attached hydrogen (secondary N) is 3. The summed E-state index contributed by atoms with van der Waals surface area (Å²) in [5.41, 5.74) is 3.01. The molecule has 2 aromatic carbocycles. The van der Waals surface area contributed by atoms with Gasteiger partial charge in [0.1, 0.15) is 5.82 Å². The third-order valence-electron chi connectivity index (χ3n) is 4.63. The second kappa shape index (κ2) is 9.32. The average molecular weight is 393 g/mol. The van der Waals surface area contributed by atoms with Crippen molar-refractivity contribution in [1.29, 1.82) is 0 Å². The van der Waals surface area contributed by atoms with Crippen molar-refractivity contribution in [2.75, 3.05) is 31.6 Å². The fraction of sp³-hybridized carbons (Fsp3) is 0.364. The molecule has 4 rings (SSSR count). The average Bonchev–Trinajstić information content (AvgIpc) is 3.00. The molecule has 0 bridgehead atoms. The number of fused-ring (bicyclic) bond motifs is 2. The third kappa shape index (κ3) is 4.99. The number of benzene rings is 2. The van der Waals surface area contributed by atoms with Gasteiger partial charge in [-0.1, -0.05) is 12.1 Å². The van der Waals surface area contributed by atoms with Crippen LogP contribution in [0, 0.1) is 0 Å². The van der Waals surface area contributed by atoms with E-state index in [-0.39, 0.29) is 0 Å². The summed E-state index contributed by atoms with van der Waals surface area (Å²) >= 11 is 0. The molecular formula is C22H27N5O2. The van der Waals surface area contributed by atoms with Gasteiger partial charge in [0, 0.05) is 37.7 Å². The van der Waals surface area contributed by atoms with Gasteiger partial charge in [-0.25, -0.2) is 4.98 Å². The lowest BCUT2D eigenvalue weighted by atomic mass is 10.2. The van der Waals surface area contributed by atoms with Crippen molar-refractivity contribution in [3.63, 3.8) is 0 Å². The van der Waals surface area contributed by atoms with Crippen LogP contribution in [0.15, 0.2) is 47.5 Å². The van der Waals surface area contributed by atoms with E-state index in [1.807, 2.05) is 42.5 Å². The number of aromatic amines is 1. The van der Waals surface area contributed by atoms with E-state index < -0.39 is 0 Å². The van der Waals surface area contributed by atoms with Crippen molar-refractivity contribution in [2.45, 2.75) is 26.2 Å². The van der Waals surface area contributed by atoms with Gasteiger partial charge in [-0.05, 0) is 37.6 Å². The number of aryl methyl sites for hydroxylation is 1. The van der Waals surface area contributed by atoms with Gasteiger partial charge in [-0.15, -0.1) is 0 Å². The molecule has 7 heteroatoms. The Balaban J connectivity index is 1.35. The van der Waals surface area contributed by atoms with Crippen LogP contribution in [0.3, 0.4) is 0 Å². The van der Waals surface area contributed by atoms with Crippen LogP contribution in [-0.4, -0.2) is 42.2 Å². The SMILES string of the molecule is CCNC(=NCCCc1nc2ccccc2[nH]1)Nc1ccc2c(c1)OCCCO2. The van der Waals surface area contributed by atoms with Gasteiger partial charge in [-0.3, -0.25) is 4.99 Å². The quantitative estimate of drug-likeness (QED) is 0.338. The molecule has 7 nitrogen and oxygen atoms in total. The van der Waals surface area contributed by atoms with Crippen LogP contribution >= 0.6 is 0 Å². The van der Waals surface area contributed by atoms with E-state index in [0.717, 1.165) is 65.8 Å². The number of hydrogen-bond donors (Lipinski definition) is 3. The molecule has 1 aromatic heterocycles. The molecule has 152 valence electrons. The van der Waals surface area contributed by atoms with E-state index in [2.05, 4.69) is 32.5 Å². The maximum atomic E-state index is 5.77. The van der Waals surface area contributed by atoms with Crippen molar-refractivity contribution in [3.05, 3.63) is 48.3 Å². The first kappa shape index (κ1) is 19.1. The molecule has 1 aliphatic rings. The molecule has 0 saturated carbocycles. The second-order valence-corrected chi connectivity index (χ2v) is 6.90. The Kier molecular flexibility index (Phi) is 6.14. The monoisotopic (exact) mass is 393 g/mol. The van der Waals surface area contributed by atoms with E-state index in [9.17, 15) is 0 Å². The predicted molar refractivity (Wildman–Crippen MR) is 116 cm³/mol. The molecule has 0 saturated heterocycles. The van der Waals surface area contributed by atoms with Gasteiger partial charge in [-0.2, -0.15) is 0 Å². The first-order valence-corrected chi connectivity index (χ1v) is 10.2. The summed E-state index contributed by atoms with van der Waals surface area (Å²) in [6, 6.07) is 14.0. The first-order valence-electron chi connectivity index (χ1n) is 10.2.